The highest BCUT2D eigenvalue weighted by Gasteiger charge is 2.29. The molecule has 110 valence electrons. The number of carbonyl (C=O) groups is 1. The Morgan fingerprint density at radius 2 is 2.30 bits per heavy atom. The van der Waals surface area contributed by atoms with Crippen LogP contribution in [0, 0.1) is 5.92 Å². The first kappa shape index (κ1) is 15.0. The number of unbranched alkanes of at least 4 members (excludes halogenated alkanes) is 1. The van der Waals surface area contributed by atoms with Gasteiger partial charge >= 0.3 is 0 Å². The number of amides is 1. The summed E-state index contributed by atoms with van der Waals surface area (Å²) in [5, 5.41) is 0. The maximum absolute atomic E-state index is 12.4. The summed E-state index contributed by atoms with van der Waals surface area (Å²) in [6, 6.07) is 4.29. The highest BCUT2D eigenvalue weighted by Crippen LogP contribution is 2.32. The Kier molecular flexibility index (Phi) is 5.57. The number of hydrogen-bond donors (Lipinski definition) is 0. The molecule has 0 bridgehead atoms. The predicted octanol–water partition coefficient (Wildman–Crippen LogP) is 3.96. The minimum absolute atomic E-state index is 0.251. The van der Waals surface area contributed by atoms with Crippen molar-refractivity contribution in [2.45, 2.75) is 58.4 Å². The molecule has 2 heterocycles. The third-order valence-corrected chi connectivity index (χ3v) is 4.06. The number of likely N-dealkylation sites (tertiary alicyclic amines) is 1. The quantitative estimate of drug-likeness (QED) is 0.736. The van der Waals surface area contributed by atoms with Gasteiger partial charge in [0, 0.05) is 25.4 Å². The first-order valence-electron chi connectivity index (χ1n) is 7.88. The summed E-state index contributed by atoms with van der Waals surface area (Å²) in [6.45, 7) is 5.38. The van der Waals surface area contributed by atoms with Crippen LogP contribution in [-0.4, -0.2) is 22.3 Å². The number of carbonyl (C=O) groups excluding carboxylic acids is 1. The van der Waals surface area contributed by atoms with Crippen molar-refractivity contribution in [2.24, 2.45) is 5.92 Å². The van der Waals surface area contributed by atoms with Crippen molar-refractivity contribution in [3.63, 3.8) is 0 Å². The molecule has 1 aliphatic rings. The highest BCUT2D eigenvalue weighted by atomic mass is 16.2. The van der Waals surface area contributed by atoms with Crippen LogP contribution in [-0.2, 0) is 4.79 Å². The fourth-order valence-electron chi connectivity index (χ4n) is 2.96. The largest absolute Gasteiger partial charge is 0.336 e. The van der Waals surface area contributed by atoms with Crippen molar-refractivity contribution in [1.82, 2.24) is 9.88 Å². The van der Waals surface area contributed by atoms with E-state index in [1.54, 1.807) is 6.20 Å². The molecular formula is C17H26N2O. The molecule has 0 aromatic carbocycles. The Balaban J connectivity index is 1.86. The molecule has 1 aromatic heterocycles. The fraction of sp³-hybridized carbons (Fsp3) is 0.647. The maximum atomic E-state index is 12.4. The number of pyridine rings is 1. The van der Waals surface area contributed by atoms with Gasteiger partial charge in [-0.25, -0.2) is 0 Å². The van der Waals surface area contributed by atoms with E-state index in [9.17, 15) is 4.79 Å². The van der Waals surface area contributed by atoms with Gasteiger partial charge in [0.05, 0.1) is 6.04 Å². The second-order valence-corrected chi connectivity index (χ2v) is 6.17. The molecule has 0 radical (unpaired) electrons. The number of aromatic nitrogens is 1. The second-order valence-electron chi connectivity index (χ2n) is 6.17. The number of hydrogen-bond acceptors (Lipinski definition) is 2. The van der Waals surface area contributed by atoms with E-state index in [-0.39, 0.29) is 6.04 Å². The molecule has 2 rings (SSSR count). The van der Waals surface area contributed by atoms with Crippen LogP contribution in [0.3, 0.4) is 0 Å². The predicted molar refractivity (Wildman–Crippen MR) is 81.2 cm³/mol. The standard InChI is InChI=1S/C17H26N2O/c1-14(2)7-3-4-10-17(20)19-12-6-9-16(19)15-8-5-11-18-13-15/h5,8,11,13-14,16H,3-4,6-7,9-10,12H2,1-2H3/t16-/m0/s1. The van der Waals surface area contributed by atoms with E-state index < -0.39 is 0 Å². The van der Waals surface area contributed by atoms with Gasteiger partial charge in [0.25, 0.3) is 0 Å². The van der Waals surface area contributed by atoms with Gasteiger partial charge in [0.1, 0.15) is 0 Å². The SMILES string of the molecule is CC(C)CCCCC(=O)N1CCC[C@H]1c1cccnc1. The van der Waals surface area contributed by atoms with E-state index in [2.05, 4.69) is 29.8 Å². The van der Waals surface area contributed by atoms with Crippen LogP contribution < -0.4 is 0 Å². The molecule has 1 atom stereocenters. The molecule has 1 fully saturated rings. The van der Waals surface area contributed by atoms with Crippen molar-refractivity contribution in [3.8, 4) is 0 Å². The summed E-state index contributed by atoms with van der Waals surface area (Å²) in [7, 11) is 0. The van der Waals surface area contributed by atoms with Crippen LogP contribution in [0.4, 0.5) is 0 Å². The van der Waals surface area contributed by atoms with Gasteiger partial charge < -0.3 is 4.90 Å². The Hall–Kier alpha value is -1.38. The Morgan fingerprint density at radius 3 is 3.00 bits per heavy atom. The van der Waals surface area contributed by atoms with Crippen LogP contribution in [0.2, 0.25) is 0 Å². The van der Waals surface area contributed by atoms with Gasteiger partial charge in [-0.3, -0.25) is 9.78 Å². The van der Waals surface area contributed by atoms with Crippen molar-refractivity contribution in [2.75, 3.05) is 6.54 Å². The Bertz CT molecular complexity index is 416. The van der Waals surface area contributed by atoms with Crippen molar-refractivity contribution < 1.29 is 4.79 Å². The van der Waals surface area contributed by atoms with Gasteiger partial charge in [-0.1, -0.05) is 32.8 Å². The van der Waals surface area contributed by atoms with Gasteiger partial charge in [-0.2, -0.15) is 0 Å². The fourth-order valence-corrected chi connectivity index (χ4v) is 2.96. The molecule has 0 unspecified atom stereocenters. The topological polar surface area (TPSA) is 33.2 Å². The van der Waals surface area contributed by atoms with E-state index in [0.29, 0.717) is 12.3 Å². The second kappa shape index (κ2) is 7.41. The normalized spacial score (nSPS) is 18.8. The summed E-state index contributed by atoms with van der Waals surface area (Å²) in [5.74, 6) is 1.06. The Morgan fingerprint density at radius 1 is 1.45 bits per heavy atom. The maximum Gasteiger partial charge on any atom is 0.223 e. The molecular weight excluding hydrogens is 248 g/mol. The van der Waals surface area contributed by atoms with Crippen LogP contribution in [0.1, 0.15) is 64.0 Å². The summed E-state index contributed by atoms with van der Waals surface area (Å²) >= 11 is 0. The summed E-state index contributed by atoms with van der Waals surface area (Å²) < 4.78 is 0. The average molecular weight is 274 g/mol. The lowest BCUT2D eigenvalue weighted by Gasteiger charge is -2.25. The first-order valence-corrected chi connectivity index (χ1v) is 7.88. The zero-order chi connectivity index (χ0) is 14.4. The van der Waals surface area contributed by atoms with Crippen LogP contribution in [0.25, 0.3) is 0 Å². The van der Waals surface area contributed by atoms with Crippen molar-refractivity contribution in [1.29, 1.82) is 0 Å². The van der Waals surface area contributed by atoms with Gasteiger partial charge in [-0.05, 0) is 36.8 Å². The lowest BCUT2D eigenvalue weighted by atomic mass is 10.0. The minimum atomic E-state index is 0.251. The molecule has 0 spiro atoms. The molecule has 1 aliphatic heterocycles. The molecule has 1 aromatic rings. The molecule has 1 amide bonds. The third kappa shape index (κ3) is 4.06. The molecule has 3 heteroatoms. The number of nitrogens with zero attached hydrogens (tertiary/aromatic N) is 2. The molecule has 3 nitrogen and oxygen atoms in total. The third-order valence-electron chi connectivity index (χ3n) is 4.06. The summed E-state index contributed by atoms with van der Waals surface area (Å²) in [6.07, 6.45) is 9.97. The van der Waals surface area contributed by atoms with Crippen LogP contribution in [0.5, 0.6) is 0 Å². The zero-order valence-corrected chi connectivity index (χ0v) is 12.7. The van der Waals surface area contributed by atoms with E-state index in [4.69, 9.17) is 0 Å². The zero-order valence-electron chi connectivity index (χ0n) is 12.7. The lowest BCUT2D eigenvalue weighted by molar-refractivity contribution is -0.132. The minimum Gasteiger partial charge on any atom is -0.336 e. The molecule has 20 heavy (non-hydrogen) atoms. The van der Waals surface area contributed by atoms with E-state index >= 15 is 0 Å². The summed E-state index contributed by atoms with van der Waals surface area (Å²) in [5.41, 5.74) is 1.18. The summed E-state index contributed by atoms with van der Waals surface area (Å²) in [4.78, 5) is 18.6. The van der Waals surface area contributed by atoms with Gasteiger partial charge in [0.2, 0.25) is 5.91 Å². The lowest BCUT2D eigenvalue weighted by Crippen LogP contribution is -2.30. The number of rotatable bonds is 6. The average Bonchev–Trinajstić information content (AvgIpc) is 2.93. The molecule has 0 N–H and O–H groups in total. The van der Waals surface area contributed by atoms with Crippen molar-refractivity contribution in [3.05, 3.63) is 30.1 Å². The molecule has 0 aliphatic carbocycles. The van der Waals surface area contributed by atoms with Gasteiger partial charge in [0.15, 0.2) is 0 Å². The van der Waals surface area contributed by atoms with Gasteiger partial charge in [-0.15, -0.1) is 0 Å². The van der Waals surface area contributed by atoms with E-state index in [1.807, 2.05) is 12.3 Å². The molecule has 1 saturated heterocycles. The van der Waals surface area contributed by atoms with E-state index in [0.717, 1.165) is 38.1 Å². The monoisotopic (exact) mass is 274 g/mol. The van der Waals surface area contributed by atoms with Crippen LogP contribution in [0.15, 0.2) is 24.5 Å². The van der Waals surface area contributed by atoms with Crippen molar-refractivity contribution >= 4 is 5.91 Å². The van der Waals surface area contributed by atoms with E-state index in [1.165, 1.54) is 12.0 Å². The first-order chi connectivity index (χ1) is 9.68. The Labute approximate surface area is 122 Å². The molecule has 0 saturated carbocycles. The van der Waals surface area contributed by atoms with Crippen LogP contribution >= 0.6 is 0 Å². The highest BCUT2D eigenvalue weighted by molar-refractivity contribution is 5.77. The smallest absolute Gasteiger partial charge is 0.223 e.